The standard InChI is InChI=1S/C12H12N2O3/c1-3-16-12(15)11-13-10(14-17-11)9-7-5-4-6-8(9)2/h4-7H,3H2,1-2H3. The maximum atomic E-state index is 11.4. The summed E-state index contributed by atoms with van der Waals surface area (Å²) in [6, 6.07) is 7.61. The molecule has 0 aliphatic rings. The molecule has 1 aromatic carbocycles. The van der Waals surface area contributed by atoms with E-state index in [2.05, 4.69) is 10.1 Å². The first-order valence-electron chi connectivity index (χ1n) is 5.29. The molecule has 0 fully saturated rings. The first-order chi connectivity index (χ1) is 8.22. The van der Waals surface area contributed by atoms with Gasteiger partial charge in [0.15, 0.2) is 0 Å². The number of ether oxygens (including phenoxy) is 1. The molecule has 5 nitrogen and oxygen atoms in total. The van der Waals surface area contributed by atoms with Gasteiger partial charge in [-0.1, -0.05) is 29.4 Å². The molecule has 0 saturated carbocycles. The zero-order chi connectivity index (χ0) is 12.3. The van der Waals surface area contributed by atoms with Crippen LogP contribution in [0.2, 0.25) is 0 Å². The molecule has 0 saturated heterocycles. The number of rotatable bonds is 3. The van der Waals surface area contributed by atoms with Crippen molar-refractivity contribution in [1.82, 2.24) is 10.1 Å². The zero-order valence-electron chi connectivity index (χ0n) is 9.64. The molecular formula is C12H12N2O3. The average Bonchev–Trinajstić information content (AvgIpc) is 2.79. The summed E-state index contributed by atoms with van der Waals surface area (Å²) in [7, 11) is 0. The van der Waals surface area contributed by atoms with Gasteiger partial charge in [0.25, 0.3) is 0 Å². The third kappa shape index (κ3) is 2.33. The summed E-state index contributed by atoms with van der Waals surface area (Å²) >= 11 is 0. The van der Waals surface area contributed by atoms with Gasteiger partial charge in [-0.05, 0) is 19.4 Å². The van der Waals surface area contributed by atoms with E-state index in [-0.39, 0.29) is 12.5 Å². The lowest BCUT2D eigenvalue weighted by atomic mass is 10.1. The summed E-state index contributed by atoms with van der Waals surface area (Å²) in [4.78, 5) is 15.4. The number of carbonyl (C=O) groups is 1. The number of carbonyl (C=O) groups excluding carboxylic acids is 1. The van der Waals surface area contributed by atoms with Crippen LogP contribution in [0.4, 0.5) is 0 Å². The van der Waals surface area contributed by atoms with Crippen LogP contribution >= 0.6 is 0 Å². The van der Waals surface area contributed by atoms with E-state index in [9.17, 15) is 4.79 Å². The number of aromatic nitrogens is 2. The topological polar surface area (TPSA) is 65.2 Å². The molecule has 0 amide bonds. The van der Waals surface area contributed by atoms with Crippen molar-refractivity contribution in [3.8, 4) is 11.4 Å². The van der Waals surface area contributed by atoms with E-state index >= 15 is 0 Å². The lowest BCUT2D eigenvalue weighted by Gasteiger charge is -1.98. The highest BCUT2D eigenvalue weighted by Gasteiger charge is 2.17. The van der Waals surface area contributed by atoms with Crippen LogP contribution in [0, 0.1) is 6.92 Å². The molecule has 17 heavy (non-hydrogen) atoms. The number of benzene rings is 1. The zero-order valence-corrected chi connectivity index (χ0v) is 9.64. The predicted octanol–water partition coefficient (Wildman–Crippen LogP) is 2.22. The van der Waals surface area contributed by atoms with Gasteiger partial charge in [-0.3, -0.25) is 0 Å². The maximum Gasteiger partial charge on any atom is 0.397 e. The van der Waals surface area contributed by atoms with Crippen LogP contribution in [0.3, 0.4) is 0 Å². The van der Waals surface area contributed by atoms with E-state index in [1.165, 1.54) is 0 Å². The van der Waals surface area contributed by atoms with E-state index in [4.69, 9.17) is 9.26 Å². The predicted molar refractivity (Wildman–Crippen MR) is 60.4 cm³/mol. The Hall–Kier alpha value is -2.17. The first-order valence-corrected chi connectivity index (χ1v) is 5.29. The van der Waals surface area contributed by atoms with Gasteiger partial charge in [-0.25, -0.2) is 4.79 Å². The lowest BCUT2D eigenvalue weighted by molar-refractivity contribution is 0.0470. The number of esters is 1. The summed E-state index contributed by atoms with van der Waals surface area (Å²) in [6.07, 6.45) is 0. The fourth-order valence-electron chi connectivity index (χ4n) is 1.43. The van der Waals surface area contributed by atoms with Gasteiger partial charge in [-0.15, -0.1) is 0 Å². The van der Waals surface area contributed by atoms with Crippen LogP contribution in [-0.2, 0) is 4.74 Å². The SMILES string of the molecule is CCOC(=O)c1nc(-c2ccccc2C)no1. The monoisotopic (exact) mass is 232 g/mol. The van der Waals surface area contributed by atoms with E-state index in [0.717, 1.165) is 11.1 Å². The minimum atomic E-state index is -0.597. The Morgan fingerprint density at radius 2 is 2.18 bits per heavy atom. The van der Waals surface area contributed by atoms with Crippen molar-refractivity contribution in [3.05, 3.63) is 35.7 Å². The smallest absolute Gasteiger partial charge is 0.397 e. The highest BCUT2D eigenvalue weighted by molar-refractivity contribution is 5.84. The fourth-order valence-corrected chi connectivity index (χ4v) is 1.43. The molecule has 2 aromatic rings. The normalized spacial score (nSPS) is 10.2. The summed E-state index contributed by atoms with van der Waals surface area (Å²) in [5.41, 5.74) is 1.86. The Labute approximate surface area is 98.4 Å². The van der Waals surface area contributed by atoms with E-state index in [1.807, 2.05) is 31.2 Å². The molecule has 0 aliphatic carbocycles. The minimum absolute atomic E-state index is 0.120. The van der Waals surface area contributed by atoms with Gasteiger partial charge < -0.3 is 9.26 Å². The Morgan fingerprint density at radius 1 is 1.41 bits per heavy atom. The number of hydrogen-bond acceptors (Lipinski definition) is 5. The summed E-state index contributed by atoms with van der Waals surface area (Å²) in [5, 5.41) is 3.76. The summed E-state index contributed by atoms with van der Waals surface area (Å²) in [5.74, 6) is -0.323. The molecule has 0 bridgehead atoms. The second-order valence-electron chi connectivity index (χ2n) is 3.46. The van der Waals surface area contributed by atoms with E-state index in [1.54, 1.807) is 6.92 Å². The third-order valence-corrected chi connectivity index (χ3v) is 2.26. The second-order valence-corrected chi connectivity index (χ2v) is 3.46. The van der Waals surface area contributed by atoms with E-state index < -0.39 is 5.97 Å². The van der Waals surface area contributed by atoms with Gasteiger partial charge >= 0.3 is 11.9 Å². The van der Waals surface area contributed by atoms with Crippen molar-refractivity contribution in [3.63, 3.8) is 0 Å². The third-order valence-electron chi connectivity index (χ3n) is 2.26. The number of hydrogen-bond donors (Lipinski definition) is 0. The molecular weight excluding hydrogens is 220 g/mol. The van der Waals surface area contributed by atoms with Crippen molar-refractivity contribution >= 4 is 5.97 Å². The quantitative estimate of drug-likeness (QED) is 0.759. The molecule has 0 spiro atoms. The van der Waals surface area contributed by atoms with Crippen LogP contribution in [0.1, 0.15) is 23.2 Å². The maximum absolute atomic E-state index is 11.4. The van der Waals surface area contributed by atoms with Crippen molar-refractivity contribution in [2.24, 2.45) is 0 Å². The van der Waals surface area contributed by atoms with Gasteiger partial charge in [0, 0.05) is 5.56 Å². The first kappa shape index (κ1) is 11.3. The molecule has 5 heteroatoms. The molecule has 1 aromatic heterocycles. The van der Waals surface area contributed by atoms with Crippen LogP contribution in [0.15, 0.2) is 28.8 Å². The molecule has 0 atom stereocenters. The number of aryl methyl sites for hydroxylation is 1. The van der Waals surface area contributed by atoms with Gasteiger partial charge in [0.1, 0.15) is 0 Å². The van der Waals surface area contributed by atoms with Crippen molar-refractivity contribution < 1.29 is 14.1 Å². The molecule has 88 valence electrons. The van der Waals surface area contributed by atoms with Crippen LogP contribution in [-0.4, -0.2) is 22.7 Å². The highest BCUT2D eigenvalue weighted by Crippen LogP contribution is 2.19. The Morgan fingerprint density at radius 3 is 2.88 bits per heavy atom. The van der Waals surface area contributed by atoms with Gasteiger partial charge in [0.2, 0.25) is 5.82 Å². The largest absolute Gasteiger partial charge is 0.459 e. The molecule has 0 N–H and O–H groups in total. The Balaban J connectivity index is 2.30. The number of nitrogens with zero attached hydrogens (tertiary/aromatic N) is 2. The molecule has 2 rings (SSSR count). The van der Waals surface area contributed by atoms with Crippen molar-refractivity contribution in [1.29, 1.82) is 0 Å². The minimum Gasteiger partial charge on any atom is -0.459 e. The van der Waals surface area contributed by atoms with Gasteiger partial charge in [-0.2, -0.15) is 4.98 Å². The molecule has 0 radical (unpaired) electrons. The Kier molecular flexibility index (Phi) is 3.18. The molecule has 1 heterocycles. The lowest BCUT2D eigenvalue weighted by Crippen LogP contribution is -2.04. The summed E-state index contributed by atoms with van der Waals surface area (Å²) < 4.78 is 9.62. The van der Waals surface area contributed by atoms with Gasteiger partial charge in [0.05, 0.1) is 6.61 Å². The fraction of sp³-hybridized carbons (Fsp3) is 0.250. The second kappa shape index (κ2) is 4.78. The highest BCUT2D eigenvalue weighted by atomic mass is 16.6. The van der Waals surface area contributed by atoms with Crippen LogP contribution in [0.25, 0.3) is 11.4 Å². The molecule has 0 unspecified atom stereocenters. The molecule has 0 aliphatic heterocycles. The van der Waals surface area contributed by atoms with Crippen LogP contribution in [0.5, 0.6) is 0 Å². The average molecular weight is 232 g/mol. The van der Waals surface area contributed by atoms with E-state index in [0.29, 0.717) is 5.82 Å². The Bertz CT molecular complexity index is 534. The summed E-state index contributed by atoms with van der Waals surface area (Å²) in [6.45, 7) is 3.94. The van der Waals surface area contributed by atoms with Crippen LogP contribution < -0.4 is 0 Å². The van der Waals surface area contributed by atoms with Crippen molar-refractivity contribution in [2.45, 2.75) is 13.8 Å². The van der Waals surface area contributed by atoms with Crippen molar-refractivity contribution in [2.75, 3.05) is 6.61 Å².